The summed E-state index contributed by atoms with van der Waals surface area (Å²) in [5.41, 5.74) is 0. The molecule has 17 heavy (non-hydrogen) atoms. The fraction of sp³-hybridized carbons (Fsp3) is 0.846. The van der Waals surface area contributed by atoms with Gasteiger partial charge in [-0.2, -0.15) is 5.10 Å². The minimum atomic E-state index is 0.584. The Bertz CT molecular complexity index is 326. The van der Waals surface area contributed by atoms with Gasteiger partial charge in [0, 0.05) is 0 Å². The average molecular weight is 236 g/mol. The van der Waals surface area contributed by atoms with Crippen molar-refractivity contribution in [2.24, 2.45) is 5.92 Å². The van der Waals surface area contributed by atoms with Gasteiger partial charge in [-0.25, -0.2) is 9.67 Å². The van der Waals surface area contributed by atoms with Crippen molar-refractivity contribution in [3.05, 3.63) is 12.2 Å². The monoisotopic (exact) mass is 236 g/mol. The smallest absolute Gasteiger partial charge is 0.164 e. The molecule has 1 N–H and O–H groups in total. The molecule has 0 atom stereocenters. The molecular formula is C13H24N4. The van der Waals surface area contributed by atoms with E-state index >= 15 is 0 Å². The predicted molar refractivity (Wildman–Crippen MR) is 68.7 cm³/mol. The lowest BCUT2D eigenvalue weighted by atomic mass is 9.85. The molecule has 1 aromatic heterocycles. The third kappa shape index (κ3) is 3.28. The van der Waals surface area contributed by atoms with E-state index < -0.39 is 0 Å². The van der Waals surface area contributed by atoms with E-state index in [1.807, 2.05) is 6.33 Å². The van der Waals surface area contributed by atoms with E-state index in [1.54, 1.807) is 0 Å². The van der Waals surface area contributed by atoms with Gasteiger partial charge in [-0.3, -0.25) is 0 Å². The Morgan fingerprint density at radius 1 is 1.29 bits per heavy atom. The maximum Gasteiger partial charge on any atom is 0.164 e. The maximum absolute atomic E-state index is 4.57. The van der Waals surface area contributed by atoms with Gasteiger partial charge in [-0.15, -0.1) is 0 Å². The fourth-order valence-electron chi connectivity index (χ4n) is 2.62. The van der Waals surface area contributed by atoms with E-state index in [-0.39, 0.29) is 0 Å². The first kappa shape index (κ1) is 12.6. The largest absolute Gasteiger partial charge is 0.310 e. The molecule has 0 aromatic carbocycles. The molecule has 1 aliphatic carbocycles. The van der Waals surface area contributed by atoms with Crippen LogP contribution in [0.2, 0.25) is 0 Å². The first-order valence-electron chi connectivity index (χ1n) is 6.94. The number of aromatic nitrogens is 3. The first-order chi connectivity index (χ1) is 8.33. The van der Waals surface area contributed by atoms with Crippen LogP contribution in [0.4, 0.5) is 0 Å². The summed E-state index contributed by atoms with van der Waals surface area (Å²) >= 11 is 0. The standard InChI is InChI=1S/C13H24N4/c1-3-11-5-7-12(8-6-11)17-10-15-13(16-17)9-14-4-2/h10-12,14H,3-9H2,1-2H3. The van der Waals surface area contributed by atoms with Crippen LogP contribution in [0.25, 0.3) is 0 Å². The number of hydrogen-bond acceptors (Lipinski definition) is 3. The van der Waals surface area contributed by atoms with Gasteiger partial charge < -0.3 is 5.32 Å². The quantitative estimate of drug-likeness (QED) is 0.854. The SMILES string of the molecule is CCNCc1ncn(C2CCC(CC)CC2)n1. The summed E-state index contributed by atoms with van der Waals surface area (Å²) < 4.78 is 2.08. The third-order valence-electron chi connectivity index (χ3n) is 3.86. The molecule has 0 radical (unpaired) electrons. The van der Waals surface area contributed by atoms with E-state index in [2.05, 4.69) is 33.9 Å². The highest BCUT2D eigenvalue weighted by Gasteiger charge is 2.21. The second-order valence-corrected chi connectivity index (χ2v) is 5.00. The number of rotatable bonds is 5. The zero-order valence-electron chi connectivity index (χ0n) is 11.0. The minimum absolute atomic E-state index is 0.584. The molecule has 1 aromatic rings. The van der Waals surface area contributed by atoms with Crippen molar-refractivity contribution in [1.82, 2.24) is 20.1 Å². The van der Waals surface area contributed by atoms with Gasteiger partial charge >= 0.3 is 0 Å². The van der Waals surface area contributed by atoms with Crippen molar-refractivity contribution in [3.63, 3.8) is 0 Å². The molecule has 1 saturated carbocycles. The zero-order valence-corrected chi connectivity index (χ0v) is 11.0. The molecule has 1 aliphatic rings. The molecule has 0 aliphatic heterocycles. The van der Waals surface area contributed by atoms with Gasteiger partial charge in [-0.1, -0.05) is 20.3 Å². The van der Waals surface area contributed by atoms with E-state index in [4.69, 9.17) is 0 Å². The van der Waals surface area contributed by atoms with Crippen molar-refractivity contribution in [2.45, 2.75) is 58.5 Å². The van der Waals surface area contributed by atoms with Gasteiger partial charge in [0.15, 0.2) is 5.82 Å². The van der Waals surface area contributed by atoms with Crippen molar-refractivity contribution in [2.75, 3.05) is 6.54 Å². The van der Waals surface area contributed by atoms with Gasteiger partial charge in [0.2, 0.25) is 0 Å². The second-order valence-electron chi connectivity index (χ2n) is 5.00. The van der Waals surface area contributed by atoms with Crippen molar-refractivity contribution >= 4 is 0 Å². The van der Waals surface area contributed by atoms with Crippen LogP contribution in [0.3, 0.4) is 0 Å². The molecule has 1 heterocycles. The molecule has 4 heteroatoms. The molecule has 0 unspecified atom stereocenters. The lowest BCUT2D eigenvalue weighted by Gasteiger charge is -2.27. The first-order valence-corrected chi connectivity index (χ1v) is 6.94. The minimum Gasteiger partial charge on any atom is -0.310 e. The van der Waals surface area contributed by atoms with Crippen LogP contribution in [0.15, 0.2) is 6.33 Å². The normalized spacial score (nSPS) is 25.1. The van der Waals surface area contributed by atoms with Gasteiger partial charge in [0.25, 0.3) is 0 Å². The van der Waals surface area contributed by atoms with Crippen LogP contribution >= 0.6 is 0 Å². The third-order valence-corrected chi connectivity index (χ3v) is 3.86. The number of hydrogen-bond donors (Lipinski definition) is 1. The lowest BCUT2D eigenvalue weighted by molar-refractivity contribution is 0.255. The second kappa shape index (κ2) is 6.15. The van der Waals surface area contributed by atoms with Crippen molar-refractivity contribution in [1.29, 1.82) is 0 Å². The number of nitrogens with one attached hydrogen (secondary N) is 1. The molecule has 1 fully saturated rings. The summed E-state index contributed by atoms with van der Waals surface area (Å²) in [5.74, 6) is 1.86. The summed E-state index contributed by atoms with van der Waals surface area (Å²) in [6.07, 6.45) is 8.47. The van der Waals surface area contributed by atoms with Crippen LogP contribution in [0, 0.1) is 5.92 Å². The Balaban J connectivity index is 1.87. The molecule has 96 valence electrons. The molecule has 2 rings (SSSR count). The van der Waals surface area contributed by atoms with Crippen LogP contribution in [0.5, 0.6) is 0 Å². The summed E-state index contributed by atoms with van der Waals surface area (Å²) in [5, 5.41) is 7.82. The Kier molecular flexibility index (Phi) is 4.54. The lowest BCUT2D eigenvalue weighted by Crippen LogP contribution is -2.19. The molecular weight excluding hydrogens is 212 g/mol. The van der Waals surface area contributed by atoms with Crippen molar-refractivity contribution < 1.29 is 0 Å². The number of nitrogens with zero attached hydrogens (tertiary/aromatic N) is 3. The molecule has 0 spiro atoms. The van der Waals surface area contributed by atoms with Gasteiger partial charge in [0.05, 0.1) is 12.6 Å². The summed E-state index contributed by atoms with van der Waals surface area (Å²) in [4.78, 5) is 4.36. The van der Waals surface area contributed by atoms with Crippen molar-refractivity contribution in [3.8, 4) is 0 Å². The maximum atomic E-state index is 4.57. The summed E-state index contributed by atoms with van der Waals surface area (Å²) in [7, 11) is 0. The predicted octanol–water partition coefficient (Wildman–Crippen LogP) is 2.53. The topological polar surface area (TPSA) is 42.7 Å². The van der Waals surface area contributed by atoms with E-state index in [0.717, 1.165) is 24.8 Å². The fourth-order valence-corrected chi connectivity index (χ4v) is 2.62. The summed E-state index contributed by atoms with van der Waals surface area (Å²) in [6, 6.07) is 0.584. The Morgan fingerprint density at radius 3 is 2.71 bits per heavy atom. The van der Waals surface area contributed by atoms with E-state index in [0.29, 0.717) is 6.04 Å². The van der Waals surface area contributed by atoms with Crippen LogP contribution < -0.4 is 5.32 Å². The van der Waals surface area contributed by atoms with Gasteiger partial charge in [-0.05, 0) is 38.1 Å². The molecule has 0 amide bonds. The molecule has 0 bridgehead atoms. The van der Waals surface area contributed by atoms with E-state index in [9.17, 15) is 0 Å². The Labute approximate surface area is 104 Å². The zero-order chi connectivity index (χ0) is 12.1. The highest BCUT2D eigenvalue weighted by molar-refractivity contribution is 4.84. The van der Waals surface area contributed by atoms with Crippen LogP contribution in [-0.2, 0) is 6.54 Å². The molecule has 0 saturated heterocycles. The van der Waals surface area contributed by atoms with Crippen LogP contribution in [0.1, 0.15) is 57.8 Å². The highest BCUT2D eigenvalue weighted by Crippen LogP contribution is 2.32. The average Bonchev–Trinajstić information content (AvgIpc) is 2.85. The van der Waals surface area contributed by atoms with E-state index in [1.165, 1.54) is 32.1 Å². The molecule has 4 nitrogen and oxygen atoms in total. The van der Waals surface area contributed by atoms with Gasteiger partial charge in [0.1, 0.15) is 6.33 Å². The Hall–Kier alpha value is -0.900. The summed E-state index contributed by atoms with van der Waals surface area (Å²) in [6.45, 7) is 6.15. The van der Waals surface area contributed by atoms with Crippen LogP contribution in [-0.4, -0.2) is 21.3 Å². The Morgan fingerprint density at radius 2 is 2.06 bits per heavy atom. The highest BCUT2D eigenvalue weighted by atomic mass is 15.3.